The highest BCUT2D eigenvalue weighted by Gasteiger charge is 2.34. The third-order valence-corrected chi connectivity index (χ3v) is 3.57. The Labute approximate surface area is 86.4 Å². The third-order valence-electron chi connectivity index (χ3n) is 2.09. The normalized spacial score (nSPS) is 20.8. The zero-order chi connectivity index (χ0) is 9.31. The van der Waals surface area contributed by atoms with E-state index in [4.69, 9.17) is 21.1 Å². The Bertz CT molecular complexity index is 292. The van der Waals surface area contributed by atoms with Crippen LogP contribution in [0.2, 0.25) is 0 Å². The fourth-order valence-corrected chi connectivity index (χ4v) is 2.57. The Morgan fingerprint density at radius 3 is 2.77 bits per heavy atom. The van der Waals surface area contributed by atoms with Crippen molar-refractivity contribution in [1.82, 2.24) is 0 Å². The molecule has 0 aromatic carbocycles. The molecule has 1 fully saturated rings. The first-order valence-electron chi connectivity index (χ1n) is 4.16. The van der Waals surface area contributed by atoms with Gasteiger partial charge >= 0.3 is 0 Å². The van der Waals surface area contributed by atoms with Crippen LogP contribution in [0.25, 0.3) is 0 Å². The van der Waals surface area contributed by atoms with E-state index in [9.17, 15) is 0 Å². The van der Waals surface area contributed by atoms with Crippen LogP contribution in [0.1, 0.15) is 17.4 Å². The molecule has 4 heteroatoms. The van der Waals surface area contributed by atoms with Gasteiger partial charge in [-0.05, 0) is 23.9 Å². The highest BCUT2D eigenvalue weighted by atomic mass is 35.5. The predicted molar refractivity (Wildman–Crippen MR) is 53.1 cm³/mol. The van der Waals surface area contributed by atoms with Crippen molar-refractivity contribution in [3.63, 3.8) is 0 Å². The third kappa shape index (κ3) is 1.74. The second kappa shape index (κ2) is 3.58. The molecule has 0 saturated carbocycles. The van der Waals surface area contributed by atoms with E-state index >= 15 is 0 Å². The molecule has 1 saturated heterocycles. The maximum Gasteiger partial charge on any atom is 0.201 e. The van der Waals surface area contributed by atoms with Crippen LogP contribution in [0, 0.1) is 0 Å². The molecule has 0 atom stereocenters. The molecule has 0 unspecified atom stereocenters. The Kier molecular flexibility index (Phi) is 2.60. The van der Waals surface area contributed by atoms with Crippen molar-refractivity contribution < 1.29 is 9.47 Å². The van der Waals surface area contributed by atoms with Crippen molar-refractivity contribution in [1.29, 1.82) is 0 Å². The van der Waals surface area contributed by atoms with E-state index in [0.29, 0.717) is 19.1 Å². The zero-order valence-electron chi connectivity index (χ0n) is 7.38. The summed E-state index contributed by atoms with van der Waals surface area (Å²) in [4.78, 5) is 1.10. The summed E-state index contributed by atoms with van der Waals surface area (Å²) in [6.45, 7) is 3.29. The molecule has 1 aromatic heterocycles. The average Bonchev–Trinajstić information content (AvgIpc) is 2.72. The number of halogens is 1. The van der Waals surface area contributed by atoms with Gasteiger partial charge in [0.15, 0.2) is 0 Å². The van der Waals surface area contributed by atoms with E-state index < -0.39 is 5.79 Å². The van der Waals surface area contributed by atoms with Crippen LogP contribution in [0.4, 0.5) is 0 Å². The highest BCUT2D eigenvalue weighted by molar-refractivity contribution is 7.10. The Morgan fingerprint density at radius 2 is 2.23 bits per heavy atom. The first-order chi connectivity index (χ1) is 6.24. The van der Waals surface area contributed by atoms with E-state index in [2.05, 4.69) is 0 Å². The van der Waals surface area contributed by atoms with Gasteiger partial charge < -0.3 is 9.47 Å². The first kappa shape index (κ1) is 9.46. The SMILES string of the molecule is CC1(c2cc(CCl)cs2)OCCO1. The molecule has 2 rings (SSSR count). The van der Waals surface area contributed by atoms with Gasteiger partial charge in [0, 0.05) is 5.88 Å². The first-order valence-corrected chi connectivity index (χ1v) is 5.58. The largest absolute Gasteiger partial charge is 0.343 e. The van der Waals surface area contributed by atoms with Gasteiger partial charge in [-0.25, -0.2) is 0 Å². The summed E-state index contributed by atoms with van der Waals surface area (Å²) >= 11 is 7.35. The highest BCUT2D eigenvalue weighted by Crippen LogP contribution is 2.35. The van der Waals surface area contributed by atoms with Crippen LogP contribution in [0.3, 0.4) is 0 Å². The second-order valence-corrected chi connectivity index (χ2v) is 4.27. The minimum Gasteiger partial charge on any atom is -0.343 e. The molecule has 0 bridgehead atoms. The minimum absolute atomic E-state index is 0.533. The molecule has 2 nitrogen and oxygen atoms in total. The molecule has 1 aromatic rings. The van der Waals surface area contributed by atoms with Gasteiger partial charge in [0.25, 0.3) is 0 Å². The number of rotatable bonds is 2. The summed E-state index contributed by atoms with van der Waals surface area (Å²) in [5, 5.41) is 2.04. The van der Waals surface area contributed by atoms with Gasteiger partial charge in [-0.2, -0.15) is 0 Å². The lowest BCUT2D eigenvalue weighted by atomic mass is 10.2. The van der Waals surface area contributed by atoms with Crippen LogP contribution in [-0.2, 0) is 21.1 Å². The maximum atomic E-state index is 5.72. The maximum absolute atomic E-state index is 5.72. The van der Waals surface area contributed by atoms with Gasteiger partial charge in [-0.15, -0.1) is 22.9 Å². The summed E-state index contributed by atoms with van der Waals surface area (Å²) in [5.74, 6) is 0.0154. The summed E-state index contributed by atoms with van der Waals surface area (Å²) in [6.07, 6.45) is 0. The Hall–Kier alpha value is -0.0900. The molecule has 0 aliphatic carbocycles. The van der Waals surface area contributed by atoms with Crippen molar-refractivity contribution >= 4 is 22.9 Å². The summed E-state index contributed by atoms with van der Waals surface area (Å²) in [5.41, 5.74) is 1.13. The molecule has 72 valence electrons. The molecule has 2 heterocycles. The molecule has 13 heavy (non-hydrogen) atoms. The van der Waals surface area contributed by atoms with Crippen LogP contribution >= 0.6 is 22.9 Å². The van der Waals surface area contributed by atoms with Crippen LogP contribution in [0.15, 0.2) is 11.4 Å². The molecule has 0 amide bonds. The fraction of sp³-hybridized carbons (Fsp3) is 0.556. The van der Waals surface area contributed by atoms with E-state index in [1.165, 1.54) is 0 Å². The van der Waals surface area contributed by atoms with Gasteiger partial charge in [0.1, 0.15) is 0 Å². The lowest BCUT2D eigenvalue weighted by Gasteiger charge is -2.20. The van der Waals surface area contributed by atoms with Crippen molar-refractivity contribution in [2.24, 2.45) is 0 Å². The number of ether oxygens (including phenoxy) is 2. The Morgan fingerprint density at radius 1 is 1.54 bits per heavy atom. The monoisotopic (exact) mass is 218 g/mol. The lowest BCUT2D eigenvalue weighted by Crippen LogP contribution is -2.20. The number of alkyl halides is 1. The number of hydrogen-bond donors (Lipinski definition) is 0. The van der Waals surface area contributed by atoms with Gasteiger partial charge in [-0.3, -0.25) is 0 Å². The van der Waals surface area contributed by atoms with E-state index in [-0.39, 0.29) is 0 Å². The van der Waals surface area contributed by atoms with E-state index in [1.54, 1.807) is 11.3 Å². The number of thiophene rings is 1. The van der Waals surface area contributed by atoms with Crippen LogP contribution < -0.4 is 0 Å². The molecule has 1 aliphatic rings. The average molecular weight is 219 g/mol. The molecular weight excluding hydrogens is 208 g/mol. The van der Waals surface area contributed by atoms with Gasteiger partial charge in [-0.1, -0.05) is 0 Å². The van der Waals surface area contributed by atoms with Crippen molar-refractivity contribution in [2.45, 2.75) is 18.6 Å². The Balaban J connectivity index is 2.23. The van der Waals surface area contributed by atoms with Gasteiger partial charge in [0.05, 0.1) is 18.1 Å². The quantitative estimate of drug-likeness (QED) is 0.711. The van der Waals surface area contributed by atoms with Crippen molar-refractivity contribution in [3.05, 3.63) is 21.9 Å². The smallest absolute Gasteiger partial charge is 0.201 e. The standard InChI is InChI=1S/C9H11ClO2S/c1-9(11-2-3-12-9)8-4-7(5-10)6-13-8/h4,6H,2-3,5H2,1H3. The predicted octanol–water partition coefficient (Wildman–Crippen LogP) is 2.71. The molecule has 0 radical (unpaired) electrons. The van der Waals surface area contributed by atoms with Crippen molar-refractivity contribution in [2.75, 3.05) is 13.2 Å². The second-order valence-electron chi connectivity index (χ2n) is 3.10. The summed E-state index contributed by atoms with van der Waals surface area (Å²) in [6, 6.07) is 2.04. The zero-order valence-corrected chi connectivity index (χ0v) is 8.95. The summed E-state index contributed by atoms with van der Waals surface area (Å²) in [7, 11) is 0. The van der Waals surface area contributed by atoms with Gasteiger partial charge in [0.2, 0.25) is 5.79 Å². The molecule has 0 N–H and O–H groups in total. The fourth-order valence-electron chi connectivity index (χ4n) is 1.34. The topological polar surface area (TPSA) is 18.5 Å². The number of hydrogen-bond acceptors (Lipinski definition) is 3. The van der Waals surface area contributed by atoms with Crippen LogP contribution in [0.5, 0.6) is 0 Å². The van der Waals surface area contributed by atoms with Crippen LogP contribution in [-0.4, -0.2) is 13.2 Å². The molecule has 1 aliphatic heterocycles. The van der Waals surface area contributed by atoms with Crippen molar-refractivity contribution in [3.8, 4) is 0 Å². The summed E-state index contributed by atoms with van der Waals surface area (Å²) < 4.78 is 11.1. The van der Waals surface area contributed by atoms with E-state index in [1.807, 2.05) is 18.4 Å². The minimum atomic E-state index is -0.533. The van der Waals surface area contributed by atoms with E-state index in [0.717, 1.165) is 10.4 Å². The molecular formula is C9H11ClO2S. The lowest BCUT2D eigenvalue weighted by molar-refractivity contribution is -0.146. The molecule has 0 spiro atoms.